The van der Waals surface area contributed by atoms with Crippen molar-refractivity contribution in [2.45, 2.75) is 71.8 Å². The van der Waals surface area contributed by atoms with E-state index < -0.39 is 10.1 Å². The van der Waals surface area contributed by atoms with Crippen LogP contribution in [0.2, 0.25) is 0 Å². The fourth-order valence-electron chi connectivity index (χ4n) is 2.11. The second-order valence-corrected chi connectivity index (χ2v) is 7.20. The van der Waals surface area contributed by atoms with Crippen molar-refractivity contribution in [3.63, 3.8) is 0 Å². The van der Waals surface area contributed by atoms with E-state index in [1.807, 2.05) is 0 Å². The number of rotatable bonds is 9. The summed E-state index contributed by atoms with van der Waals surface area (Å²) in [5.41, 5.74) is 1.34. The number of unbranched alkanes of at least 4 members (excludes halogenated alkanes) is 7. The Kier molecular flexibility index (Phi) is 12.1. The first-order valence-corrected chi connectivity index (χ1v) is 10.0. The number of aromatic nitrogens is 1. The summed E-state index contributed by atoms with van der Waals surface area (Å²) in [7, 11) is -3.92. The Morgan fingerprint density at radius 1 is 0.955 bits per heavy atom. The molecule has 0 atom stereocenters. The predicted molar refractivity (Wildman–Crippen MR) is 89.6 cm³/mol. The summed E-state index contributed by atoms with van der Waals surface area (Å²) in [6.07, 6.45) is 16.2. The lowest BCUT2D eigenvalue weighted by Crippen LogP contribution is -2.32. The summed E-state index contributed by atoms with van der Waals surface area (Å²) in [6.45, 7) is 5.59. The van der Waals surface area contributed by atoms with E-state index in [0.717, 1.165) is 0 Å². The molecular formula is C17H31NO3S. The van der Waals surface area contributed by atoms with Crippen molar-refractivity contribution >= 4 is 10.1 Å². The number of aryl methyl sites for hydroxylation is 2. The van der Waals surface area contributed by atoms with Crippen LogP contribution in [0, 0.1) is 6.92 Å². The molecule has 0 aromatic carbocycles. The lowest BCUT2D eigenvalue weighted by atomic mass is 10.1. The van der Waals surface area contributed by atoms with Crippen molar-refractivity contribution in [1.29, 1.82) is 0 Å². The molecule has 4 nitrogen and oxygen atoms in total. The second-order valence-electron chi connectivity index (χ2n) is 5.79. The highest BCUT2D eigenvalue weighted by molar-refractivity contribution is 7.84. The van der Waals surface area contributed by atoms with Gasteiger partial charge in [0.25, 0.3) is 0 Å². The van der Waals surface area contributed by atoms with E-state index in [1.165, 1.54) is 63.5 Å². The maximum atomic E-state index is 9.08. The summed E-state index contributed by atoms with van der Waals surface area (Å²) >= 11 is 0. The number of pyridine rings is 1. The van der Waals surface area contributed by atoms with Crippen molar-refractivity contribution in [1.82, 2.24) is 0 Å². The zero-order valence-corrected chi connectivity index (χ0v) is 15.1. The van der Waals surface area contributed by atoms with Crippen LogP contribution in [0.5, 0.6) is 0 Å². The average Bonchev–Trinajstić information content (AvgIpc) is 2.42. The van der Waals surface area contributed by atoms with Gasteiger partial charge in [0.05, 0.1) is 10.1 Å². The Hall–Kier alpha value is -0.940. The smallest absolute Gasteiger partial charge is 0.169 e. The maximum absolute atomic E-state index is 9.08. The molecule has 5 heteroatoms. The van der Waals surface area contributed by atoms with Crippen molar-refractivity contribution in [2.24, 2.45) is 0 Å². The zero-order valence-electron chi connectivity index (χ0n) is 14.3. The van der Waals surface area contributed by atoms with Gasteiger partial charge in [-0.05, 0) is 18.9 Å². The van der Waals surface area contributed by atoms with Crippen LogP contribution < -0.4 is 4.57 Å². The minimum atomic E-state index is -3.92. The Bertz CT molecular complexity index is 461. The highest BCUT2D eigenvalue weighted by Gasteiger charge is 1.98. The first kappa shape index (κ1) is 21.1. The standard InChI is InChI=1S/C16H28N.CH4O3S/c1-3-4-5-6-7-8-9-10-13-17-14-11-16(2)12-15-17;1-5(2,3)4/h11-12,14-15H,3-10,13H2,1-2H3;1H3,(H,2,3,4)/q+1;/p-1. The van der Waals surface area contributed by atoms with E-state index >= 15 is 0 Å². The normalized spacial score (nSPS) is 10.9. The molecule has 0 N–H and O–H groups in total. The van der Waals surface area contributed by atoms with E-state index in [0.29, 0.717) is 6.26 Å². The van der Waals surface area contributed by atoms with Crippen LogP contribution in [0.25, 0.3) is 0 Å². The molecule has 128 valence electrons. The monoisotopic (exact) mass is 329 g/mol. The molecule has 0 amide bonds. The molecule has 0 aliphatic carbocycles. The van der Waals surface area contributed by atoms with E-state index in [1.54, 1.807) is 0 Å². The summed E-state index contributed by atoms with van der Waals surface area (Å²) in [5, 5.41) is 0. The van der Waals surface area contributed by atoms with E-state index in [2.05, 4.69) is 42.9 Å². The molecule has 0 aliphatic rings. The number of nitrogens with zero attached hydrogens (tertiary/aromatic N) is 1. The van der Waals surface area contributed by atoms with Gasteiger partial charge in [0.2, 0.25) is 0 Å². The van der Waals surface area contributed by atoms with Gasteiger partial charge in [-0.25, -0.2) is 13.0 Å². The summed E-state index contributed by atoms with van der Waals surface area (Å²) < 4.78 is 29.5. The maximum Gasteiger partial charge on any atom is 0.169 e. The highest BCUT2D eigenvalue weighted by atomic mass is 32.2. The summed E-state index contributed by atoms with van der Waals surface area (Å²) in [4.78, 5) is 0. The van der Waals surface area contributed by atoms with Crippen LogP contribution >= 0.6 is 0 Å². The van der Waals surface area contributed by atoms with Crippen molar-refractivity contribution in [3.05, 3.63) is 30.1 Å². The Balaban J connectivity index is 0.000000763. The van der Waals surface area contributed by atoms with Gasteiger partial charge in [0, 0.05) is 24.8 Å². The Morgan fingerprint density at radius 2 is 1.36 bits per heavy atom. The van der Waals surface area contributed by atoms with Crippen molar-refractivity contribution < 1.29 is 17.5 Å². The minimum absolute atomic E-state index is 0.604. The van der Waals surface area contributed by atoms with Crippen LogP contribution in [-0.4, -0.2) is 19.2 Å². The third-order valence-corrected chi connectivity index (χ3v) is 3.33. The Labute approximate surface area is 136 Å². The lowest BCUT2D eigenvalue weighted by Gasteiger charge is -2.00. The summed E-state index contributed by atoms with van der Waals surface area (Å²) in [5.74, 6) is 0. The van der Waals surface area contributed by atoms with Crippen LogP contribution in [0.4, 0.5) is 0 Å². The molecule has 1 aromatic rings. The minimum Gasteiger partial charge on any atom is -0.748 e. The first-order valence-electron chi connectivity index (χ1n) is 8.19. The number of hydrogen-bond acceptors (Lipinski definition) is 3. The molecule has 0 fully saturated rings. The Morgan fingerprint density at radius 3 is 1.82 bits per heavy atom. The van der Waals surface area contributed by atoms with Gasteiger partial charge in [-0.1, -0.05) is 45.4 Å². The third kappa shape index (κ3) is 17.1. The quantitative estimate of drug-likeness (QED) is 0.395. The van der Waals surface area contributed by atoms with Crippen LogP contribution in [-0.2, 0) is 16.7 Å². The molecule has 0 saturated heterocycles. The van der Waals surface area contributed by atoms with Crippen LogP contribution in [0.1, 0.15) is 63.9 Å². The molecule has 0 bridgehead atoms. The summed E-state index contributed by atoms with van der Waals surface area (Å²) in [6, 6.07) is 4.37. The molecule has 1 heterocycles. The molecule has 1 rings (SSSR count). The van der Waals surface area contributed by atoms with E-state index in [-0.39, 0.29) is 0 Å². The topological polar surface area (TPSA) is 61.1 Å². The van der Waals surface area contributed by atoms with Crippen molar-refractivity contribution in [2.75, 3.05) is 6.26 Å². The van der Waals surface area contributed by atoms with Gasteiger partial charge in [0.1, 0.15) is 6.54 Å². The molecule has 0 spiro atoms. The van der Waals surface area contributed by atoms with Crippen LogP contribution in [0.15, 0.2) is 24.5 Å². The predicted octanol–water partition coefficient (Wildman–Crippen LogP) is 3.58. The van der Waals surface area contributed by atoms with Crippen molar-refractivity contribution in [3.8, 4) is 0 Å². The molecular weight excluding hydrogens is 298 g/mol. The second kappa shape index (κ2) is 12.6. The molecule has 0 radical (unpaired) electrons. The number of hydrogen-bond donors (Lipinski definition) is 0. The SMILES string of the molecule is CCCCCCCCCC[n+]1ccc(C)cc1.CS(=O)(=O)[O-]. The van der Waals surface area contributed by atoms with Gasteiger partial charge in [-0.15, -0.1) is 0 Å². The van der Waals surface area contributed by atoms with Gasteiger partial charge in [-0.2, -0.15) is 0 Å². The molecule has 22 heavy (non-hydrogen) atoms. The van der Waals surface area contributed by atoms with Gasteiger partial charge in [-0.3, -0.25) is 0 Å². The molecule has 0 aliphatic heterocycles. The average molecular weight is 330 g/mol. The fraction of sp³-hybridized carbons (Fsp3) is 0.706. The molecule has 1 aromatic heterocycles. The molecule has 0 saturated carbocycles. The fourth-order valence-corrected chi connectivity index (χ4v) is 2.11. The van der Waals surface area contributed by atoms with E-state index in [4.69, 9.17) is 13.0 Å². The third-order valence-electron chi connectivity index (χ3n) is 3.33. The largest absolute Gasteiger partial charge is 0.748 e. The zero-order chi connectivity index (χ0) is 16.8. The first-order chi connectivity index (χ1) is 10.3. The van der Waals surface area contributed by atoms with E-state index in [9.17, 15) is 0 Å². The van der Waals surface area contributed by atoms with Gasteiger partial charge >= 0.3 is 0 Å². The molecule has 0 unspecified atom stereocenters. The lowest BCUT2D eigenvalue weighted by molar-refractivity contribution is -0.697. The van der Waals surface area contributed by atoms with Gasteiger partial charge < -0.3 is 4.55 Å². The van der Waals surface area contributed by atoms with Gasteiger partial charge in [0.15, 0.2) is 12.4 Å². The van der Waals surface area contributed by atoms with Crippen LogP contribution in [0.3, 0.4) is 0 Å². The highest BCUT2D eigenvalue weighted by Crippen LogP contribution is 2.08.